The van der Waals surface area contributed by atoms with Crippen LogP contribution in [0.2, 0.25) is 0 Å². The van der Waals surface area contributed by atoms with Gasteiger partial charge in [-0.3, -0.25) is 29.0 Å². The van der Waals surface area contributed by atoms with E-state index in [2.05, 4.69) is 0 Å². The third-order valence-corrected chi connectivity index (χ3v) is 6.28. The van der Waals surface area contributed by atoms with Crippen LogP contribution in [0, 0.1) is 0 Å². The number of rotatable bonds is 3. The summed E-state index contributed by atoms with van der Waals surface area (Å²) in [4.78, 5) is 52.5. The van der Waals surface area contributed by atoms with Gasteiger partial charge in [0.1, 0.15) is 0 Å². The molecule has 4 aliphatic rings. The summed E-state index contributed by atoms with van der Waals surface area (Å²) in [6.45, 7) is 0. The molecule has 8 nitrogen and oxygen atoms in total. The SMILES string of the molecule is O=C1C([O-])=C(C2=C([O-])C(=O)N(C3CCCCC3)C2=O)C(=O)N1C1CCCCC1.[Na+].[Na+]. The monoisotopic (exact) mass is 432 g/mol. The second-order valence-electron chi connectivity index (χ2n) is 7.95. The molecular weight excluding hydrogens is 410 g/mol. The maximum Gasteiger partial charge on any atom is 1.00 e. The smallest absolute Gasteiger partial charge is 0.868 e. The second kappa shape index (κ2) is 10.3. The maximum atomic E-state index is 12.9. The van der Waals surface area contributed by atoms with Gasteiger partial charge in [-0.15, -0.1) is 0 Å². The molecule has 0 N–H and O–H groups in total. The first-order valence-electron chi connectivity index (χ1n) is 10.0. The molecule has 2 aliphatic carbocycles. The first-order valence-corrected chi connectivity index (χ1v) is 10.0. The Bertz CT molecular complexity index is 757. The Balaban J connectivity index is 0.00000160. The Kier molecular flexibility index (Phi) is 8.81. The average Bonchev–Trinajstić information content (AvgIpc) is 3.06. The van der Waals surface area contributed by atoms with Crippen LogP contribution in [0.15, 0.2) is 22.7 Å². The number of carbonyl (C=O) groups excluding carboxylic acids is 4. The van der Waals surface area contributed by atoms with Crippen molar-refractivity contribution in [3.8, 4) is 0 Å². The van der Waals surface area contributed by atoms with Gasteiger partial charge in [0.05, 0.1) is 0 Å². The predicted molar refractivity (Wildman–Crippen MR) is 91.5 cm³/mol. The van der Waals surface area contributed by atoms with Crippen molar-refractivity contribution in [3.05, 3.63) is 22.7 Å². The Morgan fingerprint density at radius 1 is 0.533 bits per heavy atom. The van der Waals surface area contributed by atoms with E-state index >= 15 is 0 Å². The van der Waals surface area contributed by atoms with E-state index in [1.165, 1.54) is 0 Å². The van der Waals surface area contributed by atoms with Gasteiger partial charge in [0.25, 0.3) is 11.8 Å². The van der Waals surface area contributed by atoms with Crippen molar-refractivity contribution in [1.29, 1.82) is 0 Å². The number of amides is 4. The van der Waals surface area contributed by atoms with Crippen molar-refractivity contribution >= 4 is 23.6 Å². The molecule has 0 aromatic carbocycles. The van der Waals surface area contributed by atoms with Crippen molar-refractivity contribution in [1.82, 2.24) is 9.80 Å². The third-order valence-electron chi connectivity index (χ3n) is 6.28. The molecule has 150 valence electrons. The molecule has 2 fully saturated rings. The zero-order valence-electron chi connectivity index (χ0n) is 17.6. The van der Waals surface area contributed by atoms with E-state index in [4.69, 9.17) is 0 Å². The summed E-state index contributed by atoms with van der Waals surface area (Å²) in [5.41, 5.74) is -1.42. The van der Waals surface area contributed by atoms with Gasteiger partial charge in [-0.2, -0.15) is 0 Å². The maximum absolute atomic E-state index is 12.9. The number of carbonyl (C=O) groups is 4. The molecule has 0 aromatic rings. The average molecular weight is 432 g/mol. The van der Waals surface area contributed by atoms with Crippen LogP contribution < -0.4 is 69.3 Å². The molecule has 0 atom stereocenters. The van der Waals surface area contributed by atoms with Crippen molar-refractivity contribution < 1.29 is 88.5 Å². The molecular formula is C20H22N2Na2O6. The molecule has 0 spiro atoms. The molecule has 4 rings (SSSR count). The Morgan fingerprint density at radius 2 is 0.833 bits per heavy atom. The predicted octanol–water partition coefficient (Wildman–Crippen LogP) is -6.37. The minimum atomic E-state index is -1.15. The van der Waals surface area contributed by atoms with E-state index in [0.717, 1.165) is 48.3 Å². The van der Waals surface area contributed by atoms with Crippen LogP contribution in [0.25, 0.3) is 0 Å². The van der Waals surface area contributed by atoms with Crippen molar-refractivity contribution in [2.24, 2.45) is 0 Å². The van der Waals surface area contributed by atoms with Gasteiger partial charge < -0.3 is 10.2 Å². The van der Waals surface area contributed by atoms with E-state index in [0.29, 0.717) is 25.7 Å². The summed E-state index contributed by atoms with van der Waals surface area (Å²) in [5.74, 6) is -6.10. The summed E-state index contributed by atoms with van der Waals surface area (Å²) in [6.07, 6.45) is 7.75. The summed E-state index contributed by atoms with van der Waals surface area (Å²) >= 11 is 0. The molecule has 0 aromatic heterocycles. The van der Waals surface area contributed by atoms with E-state index in [-0.39, 0.29) is 59.1 Å². The van der Waals surface area contributed by atoms with E-state index < -0.39 is 58.4 Å². The topological polar surface area (TPSA) is 121 Å². The van der Waals surface area contributed by atoms with Gasteiger partial charge in [-0.05, 0) is 37.2 Å². The minimum Gasteiger partial charge on any atom is -0.868 e. The normalized spacial score (nSPS) is 24.0. The first kappa shape index (κ1) is 25.6. The van der Waals surface area contributed by atoms with Crippen LogP contribution in [0.4, 0.5) is 0 Å². The summed E-state index contributed by atoms with van der Waals surface area (Å²) in [6, 6.07) is -0.792. The minimum absolute atomic E-state index is 0. The standard InChI is InChI=1S/C20H24N2O6.2Na/c23-15-13(17(25)21(19(15)27)11-7-3-1-4-8-11)14-16(24)20(28)22(18(14)26)12-9-5-2-6-10-12;;/h11-12,23-24H,1-10H2;;/q;2*+1/p-2. The van der Waals surface area contributed by atoms with E-state index in [1.54, 1.807) is 0 Å². The molecule has 0 radical (unpaired) electrons. The molecule has 10 heteroatoms. The second-order valence-corrected chi connectivity index (χ2v) is 7.95. The van der Waals surface area contributed by atoms with Crippen LogP contribution >= 0.6 is 0 Å². The molecule has 2 heterocycles. The fourth-order valence-corrected chi connectivity index (χ4v) is 4.83. The molecule has 0 saturated heterocycles. The zero-order chi connectivity index (χ0) is 20.0. The van der Waals surface area contributed by atoms with Crippen molar-refractivity contribution in [2.75, 3.05) is 0 Å². The van der Waals surface area contributed by atoms with Crippen LogP contribution in [-0.2, 0) is 19.2 Å². The molecule has 0 bridgehead atoms. The fraction of sp³-hybridized carbons (Fsp3) is 0.600. The summed E-state index contributed by atoms with van der Waals surface area (Å²) in [5, 5.41) is 25.1. The largest absolute Gasteiger partial charge is 1.00 e. The molecule has 4 amide bonds. The Morgan fingerprint density at radius 3 is 1.13 bits per heavy atom. The van der Waals surface area contributed by atoms with Gasteiger partial charge in [0, 0.05) is 23.2 Å². The van der Waals surface area contributed by atoms with Crippen molar-refractivity contribution in [2.45, 2.75) is 76.3 Å². The van der Waals surface area contributed by atoms with Gasteiger partial charge >= 0.3 is 59.1 Å². The van der Waals surface area contributed by atoms with Crippen LogP contribution in [0.1, 0.15) is 64.2 Å². The van der Waals surface area contributed by atoms with E-state index in [9.17, 15) is 29.4 Å². The Labute approximate surface area is 219 Å². The molecule has 0 unspecified atom stereocenters. The first-order chi connectivity index (χ1) is 13.4. The number of hydrogen-bond acceptors (Lipinski definition) is 6. The van der Waals surface area contributed by atoms with Crippen LogP contribution in [0.3, 0.4) is 0 Å². The number of imide groups is 2. The van der Waals surface area contributed by atoms with Gasteiger partial charge in [0.15, 0.2) is 0 Å². The van der Waals surface area contributed by atoms with Crippen LogP contribution in [0.5, 0.6) is 0 Å². The number of nitrogens with zero attached hydrogens (tertiary/aromatic N) is 2. The summed E-state index contributed by atoms with van der Waals surface area (Å²) < 4.78 is 0. The Hall–Kier alpha value is -0.640. The van der Waals surface area contributed by atoms with Gasteiger partial charge in [-0.1, -0.05) is 38.5 Å². The zero-order valence-corrected chi connectivity index (χ0v) is 21.6. The van der Waals surface area contributed by atoms with Gasteiger partial charge in [-0.25, -0.2) is 0 Å². The van der Waals surface area contributed by atoms with E-state index in [1.807, 2.05) is 0 Å². The fourth-order valence-electron chi connectivity index (χ4n) is 4.83. The van der Waals surface area contributed by atoms with Gasteiger partial charge in [0.2, 0.25) is 11.8 Å². The summed E-state index contributed by atoms with van der Waals surface area (Å²) in [7, 11) is 0. The van der Waals surface area contributed by atoms with Crippen molar-refractivity contribution in [3.63, 3.8) is 0 Å². The molecule has 2 saturated carbocycles. The van der Waals surface area contributed by atoms with Crippen LogP contribution in [-0.4, -0.2) is 45.5 Å². The molecule has 2 aliphatic heterocycles. The number of hydrogen-bond donors (Lipinski definition) is 0. The quantitative estimate of drug-likeness (QED) is 0.323. The molecule has 30 heavy (non-hydrogen) atoms. The third kappa shape index (κ3) is 4.19.